The molecule has 0 aromatic carbocycles. The number of carbonyl (C=O) groups is 3. The SMILES string of the molecule is CCCCC/C=C\C/C=C\C/C=C\C/C=C\CCCC(=O)OC[C@H](COC(=O)CCCCCC/C=C\C/C=C\C/C=C\CCCCC)OC(=O)CCCCCCCCCCCCC. The van der Waals surface area contributed by atoms with E-state index in [1.807, 2.05) is 0 Å². The van der Waals surface area contributed by atoms with Crippen LogP contribution in [-0.4, -0.2) is 37.2 Å². The van der Waals surface area contributed by atoms with Gasteiger partial charge >= 0.3 is 17.9 Å². The Morgan fingerprint density at radius 2 is 0.587 bits per heavy atom. The number of rotatable bonds is 46. The second-order valence-corrected chi connectivity index (χ2v) is 17.1. The standard InChI is InChI=1S/C57H96O6/c1-4-7-10-13-16-19-22-24-26-28-30-32-35-37-40-43-46-49-55(58)61-52-54(63-57(60)51-48-45-42-39-34-21-18-15-12-9-6-3)53-62-56(59)50-47-44-41-38-36-33-31-29-27-25-23-20-17-14-11-8-5-2/h16-17,19-20,24-27,30-33,37,40,54H,4-15,18,21-23,28-29,34-36,38-39,41-53H2,1-3H3/b19-16-,20-17-,26-24-,27-25-,32-30-,33-31-,40-37-/t54-/m1/s1. The van der Waals surface area contributed by atoms with Gasteiger partial charge in [-0.15, -0.1) is 0 Å². The number of unbranched alkanes of at least 4 members (excludes halogenated alkanes) is 21. The topological polar surface area (TPSA) is 78.9 Å². The molecule has 0 aliphatic rings. The van der Waals surface area contributed by atoms with Crippen LogP contribution in [0.5, 0.6) is 0 Å². The molecule has 0 N–H and O–H groups in total. The molecule has 0 bridgehead atoms. The number of esters is 3. The van der Waals surface area contributed by atoms with E-state index in [2.05, 4.69) is 106 Å². The van der Waals surface area contributed by atoms with Crippen LogP contribution in [0.4, 0.5) is 0 Å². The normalized spacial score (nSPS) is 12.7. The van der Waals surface area contributed by atoms with Crippen molar-refractivity contribution in [3.63, 3.8) is 0 Å². The molecule has 0 fully saturated rings. The van der Waals surface area contributed by atoms with E-state index in [4.69, 9.17) is 14.2 Å². The zero-order chi connectivity index (χ0) is 45.8. The largest absolute Gasteiger partial charge is 0.462 e. The summed E-state index contributed by atoms with van der Waals surface area (Å²) in [7, 11) is 0. The molecule has 0 aromatic heterocycles. The first-order chi connectivity index (χ1) is 31.0. The van der Waals surface area contributed by atoms with Gasteiger partial charge in [0.25, 0.3) is 0 Å². The first-order valence-corrected chi connectivity index (χ1v) is 26.1. The molecular weight excluding hydrogens is 781 g/mol. The van der Waals surface area contributed by atoms with Crippen LogP contribution < -0.4 is 0 Å². The van der Waals surface area contributed by atoms with Crippen molar-refractivity contribution in [1.29, 1.82) is 0 Å². The Kier molecular flexibility index (Phi) is 48.5. The lowest BCUT2D eigenvalue weighted by molar-refractivity contribution is -0.167. The number of allylic oxidation sites excluding steroid dienone is 14. The molecule has 360 valence electrons. The van der Waals surface area contributed by atoms with E-state index in [-0.39, 0.29) is 37.5 Å². The van der Waals surface area contributed by atoms with Crippen LogP contribution in [0, 0.1) is 0 Å². The highest BCUT2D eigenvalue weighted by molar-refractivity contribution is 5.71. The summed E-state index contributed by atoms with van der Waals surface area (Å²) >= 11 is 0. The van der Waals surface area contributed by atoms with Crippen LogP contribution in [0.1, 0.15) is 239 Å². The molecule has 0 spiro atoms. The van der Waals surface area contributed by atoms with E-state index in [1.165, 1.54) is 103 Å². The Morgan fingerprint density at radius 3 is 0.984 bits per heavy atom. The predicted octanol–water partition coefficient (Wildman–Crippen LogP) is 17.2. The molecule has 0 unspecified atom stereocenters. The second-order valence-electron chi connectivity index (χ2n) is 17.1. The van der Waals surface area contributed by atoms with Crippen molar-refractivity contribution in [3.05, 3.63) is 85.1 Å². The van der Waals surface area contributed by atoms with Gasteiger partial charge in [-0.1, -0.05) is 209 Å². The Balaban J connectivity index is 4.48. The molecule has 6 nitrogen and oxygen atoms in total. The molecule has 1 atom stereocenters. The smallest absolute Gasteiger partial charge is 0.306 e. The molecule has 63 heavy (non-hydrogen) atoms. The van der Waals surface area contributed by atoms with Crippen LogP contribution in [0.2, 0.25) is 0 Å². The lowest BCUT2D eigenvalue weighted by Gasteiger charge is -2.18. The Hall–Kier alpha value is -3.41. The van der Waals surface area contributed by atoms with E-state index in [9.17, 15) is 14.4 Å². The molecule has 0 aliphatic carbocycles. The summed E-state index contributed by atoms with van der Waals surface area (Å²) in [5, 5.41) is 0. The molecule has 0 radical (unpaired) electrons. The van der Waals surface area contributed by atoms with Crippen LogP contribution >= 0.6 is 0 Å². The number of hydrogen-bond donors (Lipinski definition) is 0. The minimum absolute atomic E-state index is 0.104. The fourth-order valence-electron chi connectivity index (χ4n) is 6.91. The van der Waals surface area contributed by atoms with Crippen molar-refractivity contribution < 1.29 is 28.6 Å². The molecule has 0 aliphatic heterocycles. The third kappa shape index (κ3) is 49.5. The summed E-state index contributed by atoms with van der Waals surface area (Å²) in [6.45, 7) is 6.50. The zero-order valence-electron chi connectivity index (χ0n) is 41.1. The Morgan fingerprint density at radius 1 is 0.317 bits per heavy atom. The molecule has 0 saturated heterocycles. The Bertz CT molecular complexity index is 1240. The van der Waals surface area contributed by atoms with Crippen molar-refractivity contribution in [2.75, 3.05) is 13.2 Å². The first-order valence-electron chi connectivity index (χ1n) is 26.1. The fraction of sp³-hybridized carbons (Fsp3) is 0.702. The van der Waals surface area contributed by atoms with E-state index >= 15 is 0 Å². The lowest BCUT2D eigenvalue weighted by atomic mass is 10.1. The summed E-state index contributed by atoms with van der Waals surface area (Å²) in [4.78, 5) is 37.9. The maximum absolute atomic E-state index is 12.8. The van der Waals surface area contributed by atoms with Crippen molar-refractivity contribution in [3.8, 4) is 0 Å². The summed E-state index contributed by atoms with van der Waals surface area (Å²) in [5.41, 5.74) is 0. The van der Waals surface area contributed by atoms with Crippen molar-refractivity contribution in [1.82, 2.24) is 0 Å². The molecule has 6 heteroatoms. The van der Waals surface area contributed by atoms with Crippen molar-refractivity contribution in [2.24, 2.45) is 0 Å². The van der Waals surface area contributed by atoms with Gasteiger partial charge in [0.05, 0.1) is 0 Å². The molecule has 0 amide bonds. The Labute approximate surface area is 388 Å². The quantitative estimate of drug-likeness (QED) is 0.0262. The summed E-state index contributed by atoms with van der Waals surface area (Å²) in [6.07, 6.45) is 65.7. The number of ether oxygens (including phenoxy) is 3. The second kappa shape index (κ2) is 51.2. The third-order valence-electron chi connectivity index (χ3n) is 10.9. The summed E-state index contributed by atoms with van der Waals surface area (Å²) in [6, 6.07) is 0. The minimum atomic E-state index is -0.805. The van der Waals surface area contributed by atoms with Gasteiger partial charge < -0.3 is 14.2 Å². The highest BCUT2D eigenvalue weighted by atomic mass is 16.6. The molecule has 0 saturated carbocycles. The average molecular weight is 877 g/mol. The molecule has 0 rings (SSSR count). The fourth-order valence-corrected chi connectivity index (χ4v) is 6.91. The van der Waals surface area contributed by atoms with Crippen molar-refractivity contribution >= 4 is 17.9 Å². The van der Waals surface area contributed by atoms with Gasteiger partial charge in [-0.05, 0) is 96.3 Å². The zero-order valence-corrected chi connectivity index (χ0v) is 41.1. The highest BCUT2D eigenvalue weighted by Crippen LogP contribution is 2.14. The number of carbonyl (C=O) groups excluding carboxylic acids is 3. The molecular formula is C57H96O6. The van der Waals surface area contributed by atoms with Crippen LogP contribution in [0.3, 0.4) is 0 Å². The van der Waals surface area contributed by atoms with Crippen molar-refractivity contribution in [2.45, 2.75) is 245 Å². The lowest BCUT2D eigenvalue weighted by Crippen LogP contribution is -2.30. The van der Waals surface area contributed by atoms with Gasteiger partial charge in [-0.25, -0.2) is 0 Å². The van der Waals surface area contributed by atoms with E-state index in [0.29, 0.717) is 19.3 Å². The van der Waals surface area contributed by atoms with Crippen LogP contribution in [0.15, 0.2) is 85.1 Å². The van der Waals surface area contributed by atoms with E-state index < -0.39 is 6.10 Å². The van der Waals surface area contributed by atoms with Gasteiger partial charge in [0.15, 0.2) is 6.10 Å². The first kappa shape index (κ1) is 59.6. The molecule has 0 aromatic rings. The van der Waals surface area contributed by atoms with Gasteiger partial charge in [0.2, 0.25) is 0 Å². The van der Waals surface area contributed by atoms with E-state index in [1.54, 1.807) is 0 Å². The highest BCUT2D eigenvalue weighted by Gasteiger charge is 2.19. The maximum atomic E-state index is 12.8. The van der Waals surface area contributed by atoms with Gasteiger partial charge in [-0.2, -0.15) is 0 Å². The number of hydrogen-bond acceptors (Lipinski definition) is 6. The van der Waals surface area contributed by atoms with Gasteiger partial charge in [-0.3, -0.25) is 14.4 Å². The average Bonchev–Trinajstić information content (AvgIpc) is 3.28. The maximum Gasteiger partial charge on any atom is 0.306 e. The van der Waals surface area contributed by atoms with E-state index in [0.717, 1.165) is 89.9 Å². The predicted molar refractivity (Wildman–Crippen MR) is 270 cm³/mol. The monoisotopic (exact) mass is 877 g/mol. The summed E-state index contributed by atoms with van der Waals surface area (Å²) < 4.78 is 16.7. The summed E-state index contributed by atoms with van der Waals surface area (Å²) in [5.74, 6) is -0.982. The molecule has 0 heterocycles. The minimum Gasteiger partial charge on any atom is -0.462 e. The van der Waals surface area contributed by atoms with Gasteiger partial charge in [0.1, 0.15) is 13.2 Å². The van der Waals surface area contributed by atoms with Crippen LogP contribution in [0.25, 0.3) is 0 Å². The van der Waals surface area contributed by atoms with Gasteiger partial charge in [0, 0.05) is 19.3 Å². The van der Waals surface area contributed by atoms with Crippen LogP contribution in [-0.2, 0) is 28.6 Å². The third-order valence-corrected chi connectivity index (χ3v) is 10.9.